The fourth-order valence-corrected chi connectivity index (χ4v) is 3.69. The number of piperidine rings is 1. The van der Waals surface area contributed by atoms with Crippen LogP contribution in [0.3, 0.4) is 0 Å². The third-order valence-electron chi connectivity index (χ3n) is 3.98. The number of rotatable bonds is 2. The smallest absolute Gasteiger partial charge is 0.147 e. The van der Waals surface area contributed by atoms with Crippen LogP contribution in [0, 0.1) is 0 Å². The molecule has 4 nitrogen and oxygen atoms in total. The first kappa shape index (κ1) is 12.7. The Labute approximate surface area is 127 Å². The summed E-state index contributed by atoms with van der Waals surface area (Å²) in [7, 11) is 0. The van der Waals surface area contributed by atoms with Crippen LogP contribution in [0.4, 0.5) is 5.82 Å². The van der Waals surface area contributed by atoms with Crippen molar-refractivity contribution in [2.75, 3.05) is 18.0 Å². The molecular formula is C16H16N4S. The lowest BCUT2D eigenvalue weighted by Gasteiger charge is -2.32. The zero-order chi connectivity index (χ0) is 14.1. The van der Waals surface area contributed by atoms with Gasteiger partial charge in [0.2, 0.25) is 0 Å². The van der Waals surface area contributed by atoms with E-state index < -0.39 is 0 Å². The fraction of sp³-hybridized carbons (Fsp3) is 0.312. The molecule has 1 atom stereocenters. The van der Waals surface area contributed by atoms with Crippen LogP contribution in [0.5, 0.6) is 0 Å². The lowest BCUT2D eigenvalue weighted by atomic mass is 9.99. The Hall–Kier alpha value is -2.01. The van der Waals surface area contributed by atoms with Crippen LogP contribution in [-0.2, 0) is 0 Å². The van der Waals surface area contributed by atoms with E-state index >= 15 is 0 Å². The van der Waals surface area contributed by atoms with Crippen LogP contribution in [0.1, 0.15) is 23.8 Å². The molecule has 0 saturated carbocycles. The quantitative estimate of drug-likeness (QED) is 0.726. The molecule has 0 radical (unpaired) electrons. The van der Waals surface area contributed by atoms with Gasteiger partial charge in [-0.25, -0.2) is 9.97 Å². The number of para-hydroxylation sites is 2. The van der Waals surface area contributed by atoms with E-state index in [9.17, 15) is 0 Å². The van der Waals surface area contributed by atoms with E-state index in [1.807, 2.05) is 36.7 Å². The molecule has 1 aromatic carbocycles. The molecule has 1 saturated heterocycles. The lowest BCUT2D eigenvalue weighted by molar-refractivity contribution is 0.505. The van der Waals surface area contributed by atoms with Crippen LogP contribution in [0.2, 0.25) is 0 Å². The fourth-order valence-electron chi connectivity index (χ4n) is 2.92. The molecule has 2 aromatic heterocycles. The second kappa shape index (κ2) is 5.41. The number of fused-ring (bicyclic) bond motifs is 1. The van der Waals surface area contributed by atoms with E-state index in [-0.39, 0.29) is 0 Å². The summed E-state index contributed by atoms with van der Waals surface area (Å²) in [5.41, 5.74) is 1.92. The molecule has 0 unspecified atom stereocenters. The van der Waals surface area contributed by atoms with Gasteiger partial charge in [-0.1, -0.05) is 12.1 Å². The van der Waals surface area contributed by atoms with Gasteiger partial charge in [-0.15, -0.1) is 11.3 Å². The Morgan fingerprint density at radius 1 is 1.14 bits per heavy atom. The highest BCUT2D eigenvalue weighted by Gasteiger charge is 2.24. The topological polar surface area (TPSA) is 41.9 Å². The Morgan fingerprint density at radius 2 is 2.05 bits per heavy atom. The summed E-state index contributed by atoms with van der Waals surface area (Å²) in [6.45, 7) is 2.04. The van der Waals surface area contributed by atoms with Crippen molar-refractivity contribution < 1.29 is 0 Å². The van der Waals surface area contributed by atoms with Gasteiger partial charge in [0.15, 0.2) is 0 Å². The standard InChI is InChI=1S/C16H16N4S/c1-2-6-14-13(5-1)18-10-15(19-14)20-8-3-4-12(11-20)16-17-7-9-21-16/h1-2,5-7,9-10,12H,3-4,8,11H2/t12-/m1/s1. The van der Waals surface area contributed by atoms with Crippen LogP contribution in [0.15, 0.2) is 42.0 Å². The van der Waals surface area contributed by atoms with Crippen LogP contribution < -0.4 is 4.90 Å². The second-order valence-electron chi connectivity index (χ2n) is 5.37. The molecule has 0 amide bonds. The number of nitrogens with zero attached hydrogens (tertiary/aromatic N) is 4. The van der Waals surface area contributed by atoms with E-state index in [2.05, 4.69) is 20.2 Å². The Bertz CT molecular complexity index is 741. The van der Waals surface area contributed by atoms with Gasteiger partial charge in [-0.05, 0) is 25.0 Å². The minimum atomic E-state index is 0.520. The highest BCUT2D eigenvalue weighted by Crippen LogP contribution is 2.30. The Morgan fingerprint density at radius 3 is 2.90 bits per heavy atom. The molecule has 4 rings (SSSR count). The number of thiazole rings is 1. The molecule has 1 fully saturated rings. The van der Waals surface area contributed by atoms with Gasteiger partial charge < -0.3 is 4.90 Å². The highest BCUT2D eigenvalue weighted by atomic mass is 32.1. The molecule has 3 heterocycles. The summed E-state index contributed by atoms with van der Waals surface area (Å²) in [5, 5.41) is 3.30. The zero-order valence-corrected chi connectivity index (χ0v) is 12.5. The Balaban J connectivity index is 1.62. The van der Waals surface area contributed by atoms with Gasteiger partial charge in [0.1, 0.15) is 5.82 Å². The van der Waals surface area contributed by atoms with E-state index in [0.29, 0.717) is 5.92 Å². The van der Waals surface area contributed by atoms with Gasteiger partial charge in [0, 0.05) is 30.6 Å². The summed E-state index contributed by atoms with van der Waals surface area (Å²) in [4.78, 5) is 16.1. The maximum Gasteiger partial charge on any atom is 0.147 e. The van der Waals surface area contributed by atoms with E-state index in [1.165, 1.54) is 17.8 Å². The average Bonchev–Trinajstić information content (AvgIpc) is 3.09. The second-order valence-corrected chi connectivity index (χ2v) is 6.30. The van der Waals surface area contributed by atoms with Crippen molar-refractivity contribution in [3.05, 3.63) is 47.0 Å². The summed E-state index contributed by atoms with van der Waals surface area (Å²) >= 11 is 1.76. The summed E-state index contributed by atoms with van der Waals surface area (Å²) < 4.78 is 0. The van der Waals surface area contributed by atoms with E-state index in [1.54, 1.807) is 11.3 Å². The van der Waals surface area contributed by atoms with E-state index in [4.69, 9.17) is 4.98 Å². The van der Waals surface area contributed by atoms with Crippen molar-refractivity contribution in [1.29, 1.82) is 0 Å². The molecule has 5 heteroatoms. The van der Waals surface area contributed by atoms with Crippen molar-refractivity contribution in [2.24, 2.45) is 0 Å². The molecule has 1 aliphatic rings. The average molecular weight is 296 g/mol. The summed E-state index contributed by atoms with van der Waals surface area (Å²) in [6.07, 6.45) is 6.19. The van der Waals surface area contributed by atoms with Gasteiger partial charge in [-0.2, -0.15) is 0 Å². The largest absolute Gasteiger partial charge is 0.355 e. The first-order valence-corrected chi connectivity index (χ1v) is 8.14. The van der Waals surface area contributed by atoms with Gasteiger partial charge in [0.05, 0.1) is 22.2 Å². The maximum atomic E-state index is 4.76. The van der Waals surface area contributed by atoms with Crippen LogP contribution >= 0.6 is 11.3 Å². The molecule has 3 aromatic rings. The normalized spacial score (nSPS) is 19.0. The molecular weight excluding hydrogens is 280 g/mol. The predicted octanol–water partition coefficient (Wildman–Crippen LogP) is 3.47. The number of hydrogen-bond acceptors (Lipinski definition) is 5. The number of aromatic nitrogens is 3. The SMILES string of the molecule is c1ccc2nc(N3CCC[C@@H](c4nccs4)C3)cnc2c1. The highest BCUT2D eigenvalue weighted by molar-refractivity contribution is 7.09. The van der Waals surface area contributed by atoms with Gasteiger partial charge in [0.25, 0.3) is 0 Å². The minimum Gasteiger partial charge on any atom is -0.355 e. The molecule has 0 N–H and O–H groups in total. The first-order valence-electron chi connectivity index (χ1n) is 7.26. The summed E-state index contributed by atoms with van der Waals surface area (Å²) in [5.74, 6) is 1.50. The molecule has 1 aliphatic heterocycles. The number of anilines is 1. The van der Waals surface area contributed by atoms with E-state index in [0.717, 1.165) is 29.9 Å². The summed E-state index contributed by atoms with van der Waals surface area (Å²) in [6, 6.07) is 8.03. The number of benzene rings is 1. The molecule has 0 aliphatic carbocycles. The monoisotopic (exact) mass is 296 g/mol. The van der Waals surface area contributed by atoms with Crippen molar-refractivity contribution in [3.63, 3.8) is 0 Å². The molecule has 21 heavy (non-hydrogen) atoms. The molecule has 0 bridgehead atoms. The Kier molecular flexibility index (Phi) is 3.27. The van der Waals surface area contributed by atoms with Gasteiger partial charge in [-0.3, -0.25) is 4.98 Å². The zero-order valence-electron chi connectivity index (χ0n) is 11.6. The molecule has 106 valence electrons. The maximum absolute atomic E-state index is 4.76. The minimum absolute atomic E-state index is 0.520. The third kappa shape index (κ3) is 2.49. The number of hydrogen-bond donors (Lipinski definition) is 0. The van der Waals surface area contributed by atoms with Crippen molar-refractivity contribution in [2.45, 2.75) is 18.8 Å². The van der Waals surface area contributed by atoms with Crippen molar-refractivity contribution >= 4 is 28.2 Å². The van der Waals surface area contributed by atoms with Crippen LogP contribution in [-0.4, -0.2) is 28.0 Å². The third-order valence-corrected chi connectivity index (χ3v) is 4.92. The van der Waals surface area contributed by atoms with Crippen molar-refractivity contribution in [1.82, 2.24) is 15.0 Å². The van der Waals surface area contributed by atoms with Crippen LogP contribution in [0.25, 0.3) is 11.0 Å². The molecule has 0 spiro atoms. The van der Waals surface area contributed by atoms with Gasteiger partial charge >= 0.3 is 0 Å². The lowest BCUT2D eigenvalue weighted by Crippen LogP contribution is -2.35. The first-order chi connectivity index (χ1) is 10.4. The predicted molar refractivity (Wildman–Crippen MR) is 85.8 cm³/mol. The van der Waals surface area contributed by atoms with Crippen molar-refractivity contribution in [3.8, 4) is 0 Å².